The quantitative estimate of drug-likeness (QED) is 0.886. The number of anilines is 1. The molecule has 1 fully saturated rings. The summed E-state index contributed by atoms with van der Waals surface area (Å²) in [6.07, 6.45) is -2.00. The van der Waals surface area contributed by atoms with Crippen LogP contribution in [0.25, 0.3) is 0 Å². The SMILES string of the molecule is Cn1cc(C(=O)NCc2cccnc2N2CCOCC2)c(C(F)(F)F)n1. The van der Waals surface area contributed by atoms with Crippen LogP contribution < -0.4 is 10.2 Å². The number of nitrogens with one attached hydrogen (secondary N) is 1. The molecule has 1 N–H and O–H groups in total. The number of amides is 1. The van der Waals surface area contributed by atoms with E-state index >= 15 is 0 Å². The van der Waals surface area contributed by atoms with Crippen molar-refractivity contribution in [2.24, 2.45) is 7.05 Å². The third kappa shape index (κ3) is 3.96. The highest BCUT2D eigenvalue weighted by atomic mass is 19.4. The standard InChI is InChI=1S/C16H18F3N5O2/c1-23-10-12(13(22-23)16(17,18)19)15(25)21-9-11-3-2-4-20-14(11)24-5-7-26-8-6-24/h2-4,10H,5-9H2,1H3,(H,21,25). The van der Waals surface area contributed by atoms with Gasteiger partial charge in [-0.15, -0.1) is 0 Å². The van der Waals surface area contributed by atoms with E-state index in [2.05, 4.69) is 15.4 Å². The van der Waals surface area contributed by atoms with Crippen LogP contribution in [-0.2, 0) is 24.5 Å². The van der Waals surface area contributed by atoms with Crippen LogP contribution in [0.3, 0.4) is 0 Å². The second-order valence-electron chi connectivity index (χ2n) is 5.83. The van der Waals surface area contributed by atoms with Crippen LogP contribution >= 0.6 is 0 Å². The summed E-state index contributed by atoms with van der Waals surface area (Å²) in [6.45, 7) is 2.54. The number of morpholine rings is 1. The first-order chi connectivity index (χ1) is 12.4. The molecule has 2 aromatic heterocycles. The van der Waals surface area contributed by atoms with E-state index in [4.69, 9.17) is 4.74 Å². The smallest absolute Gasteiger partial charge is 0.378 e. The van der Waals surface area contributed by atoms with Crippen molar-refractivity contribution in [1.29, 1.82) is 0 Å². The van der Waals surface area contributed by atoms with Crippen LogP contribution in [0, 0.1) is 0 Å². The molecule has 26 heavy (non-hydrogen) atoms. The maximum Gasteiger partial charge on any atom is 0.435 e. The van der Waals surface area contributed by atoms with Crippen LogP contribution in [0.1, 0.15) is 21.6 Å². The molecule has 0 bridgehead atoms. The number of alkyl halides is 3. The lowest BCUT2D eigenvalue weighted by molar-refractivity contribution is -0.141. The van der Waals surface area contributed by atoms with Gasteiger partial charge in [0.15, 0.2) is 5.69 Å². The Labute approximate surface area is 147 Å². The number of hydrogen-bond donors (Lipinski definition) is 1. The molecule has 0 spiro atoms. The maximum atomic E-state index is 13.0. The molecule has 0 aliphatic carbocycles. The largest absolute Gasteiger partial charge is 0.435 e. The molecule has 1 amide bonds. The Morgan fingerprint density at radius 3 is 2.77 bits per heavy atom. The van der Waals surface area contributed by atoms with Crippen molar-refractivity contribution in [3.05, 3.63) is 41.3 Å². The van der Waals surface area contributed by atoms with Crippen molar-refractivity contribution in [3.63, 3.8) is 0 Å². The summed E-state index contributed by atoms with van der Waals surface area (Å²) >= 11 is 0. The van der Waals surface area contributed by atoms with Crippen LogP contribution in [0.4, 0.5) is 19.0 Å². The summed E-state index contributed by atoms with van der Waals surface area (Å²) in [5.41, 5.74) is -0.978. The molecule has 0 saturated carbocycles. The van der Waals surface area contributed by atoms with Gasteiger partial charge in [-0.3, -0.25) is 9.48 Å². The lowest BCUT2D eigenvalue weighted by Gasteiger charge is -2.29. The minimum absolute atomic E-state index is 0.0611. The molecule has 0 unspecified atom stereocenters. The first-order valence-corrected chi connectivity index (χ1v) is 8.02. The Balaban J connectivity index is 1.75. The summed E-state index contributed by atoms with van der Waals surface area (Å²) in [5, 5.41) is 5.88. The fourth-order valence-electron chi connectivity index (χ4n) is 2.76. The number of halogens is 3. The molecule has 0 radical (unpaired) electrons. The second-order valence-corrected chi connectivity index (χ2v) is 5.83. The molecular weight excluding hydrogens is 351 g/mol. The summed E-state index contributed by atoms with van der Waals surface area (Å²) in [7, 11) is 1.34. The van der Waals surface area contributed by atoms with Crippen molar-refractivity contribution in [2.75, 3.05) is 31.2 Å². The van der Waals surface area contributed by atoms with E-state index in [1.807, 2.05) is 4.90 Å². The number of carbonyl (C=O) groups is 1. The van der Waals surface area contributed by atoms with Gasteiger partial charge in [0, 0.05) is 44.6 Å². The highest BCUT2D eigenvalue weighted by Crippen LogP contribution is 2.30. The molecule has 2 aromatic rings. The van der Waals surface area contributed by atoms with Crippen molar-refractivity contribution in [1.82, 2.24) is 20.1 Å². The van der Waals surface area contributed by atoms with Crippen LogP contribution in [0.15, 0.2) is 24.5 Å². The molecule has 1 aliphatic rings. The third-order valence-electron chi connectivity index (χ3n) is 3.96. The number of nitrogens with zero attached hydrogens (tertiary/aromatic N) is 4. The predicted molar refractivity (Wildman–Crippen MR) is 86.6 cm³/mol. The van der Waals surface area contributed by atoms with E-state index in [0.29, 0.717) is 32.1 Å². The molecule has 0 atom stereocenters. The lowest BCUT2D eigenvalue weighted by atomic mass is 10.2. The van der Waals surface area contributed by atoms with Gasteiger partial charge in [0.1, 0.15) is 5.82 Å². The Hall–Kier alpha value is -2.62. The molecule has 3 heterocycles. The number of aryl methyl sites for hydroxylation is 1. The Morgan fingerprint density at radius 1 is 1.35 bits per heavy atom. The normalized spacial score (nSPS) is 15.2. The molecule has 10 heteroatoms. The number of hydrogen-bond acceptors (Lipinski definition) is 5. The van der Waals surface area contributed by atoms with Gasteiger partial charge in [0.25, 0.3) is 5.91 Å². The fraction of sp³-hybridized carbons (Fsp3) is 0.438. The van der Waals surface area contributed by atoms with Gasteiger partial charge in [0.05, 0.1) is 18.8 Å². The maximum absolute atomic E-state index is 13.0. The van der Waals surface area contributed by atoms with Crippen LogP contribution in [0.5, 0.6) is 0 Å². The van der Waals surface area contributed by atoms with Gasteiger partial charge in [-0.2, -0.15) is 18.3 Å². The third-order valence-corrected chi connectivity index (χ3v) is 3.96. The van der Waals surface area contributed by atoms with E-state index in [1.54, 1.807) is 18.3 Å². The second kappa shape index (κ2) is 7.32. The van der Waals surface area contributed by atoms with Gasteiger partial charge in [-0.1, -0.05) is 6.07 Å². The van der Waals surface area contributed by atoms with Crippen LogP contribution in [0.2, 0.25) is 0 Å². The number of pyridine rings is 1. The Morgan fingerprint density at radius 2 is 2.08 bits per heavy atom. The fourth-order valence-corrected chi connectivity index (χ4v) is 2.76. The highest BCUT2D eigenvalue weighted by Gasteiger charge is 2.38. The van der Waals surface area contributed by atoms with E-state index in [0.717, 1.165) is 16.4 Å². The molecule has 0 aromatic carbocycles. The van der Waals surface area contributed by atoms with Crippen molar-refractivity contribution >= 4 is 11.7 Å². The minimum Gasteiger partial charge on any atom is -0.378 e. The Bertz CT molecular complexity index is 784. The number of rotatable bonds is 4. The van der Waals surface area contributed by atoms with E-state index < -0.39 is 23.3 Å². The van der Waals surface area contributed by atoms with E-state index in [1.165, 1.54) is 7.05 Å². The van der Waals surface area contributed by atoms with Gasteiger partial charge < -0.3 is 15.0 Å². The zero-order valence-electron chi connectivity index (χ0n) is 14.1. The number of ether oxygens (including phenoxy) is 1. The monoisotopic (exact) mass is 369 g/mol. The summed E-state index contributed by atoms with van der Waals surface area (Å²) in [5.74, 6) is -0.138. The molecule has 1 aliphatic heterocycles. The lowest BCUT2D eigenvalue weighted by Crippen LogP contribution is -2.38. The topological polar surface area (TPSA) is 72.3 Å². The number of aromatic nitrogens is 3. The van der Waals surface area contributed by atoms with Gasteiger partial charge in [-0.25, -0.2) is 4.98 Å². The van der Waals surface area contributed by atoms with E-state index in [9.17, 15) is 18.0 Å². The average molecular weight is 369 g/mol. The van der Waals surface area contributed by atoms with Crippen molar-refractivity contribution < 1.29 is 22.7 Å². The molecule has 3 rings (SSSR count). The van der Waals surface area contributed by atoms with Crippen molar-refractivity contribution in [3.8, 4) is 0 Å². The molecule has 7 nitrogen and oxygen atoms in total. The predicted octanol–water partition coefficient (Wildman–Crippen LogP) is 1.60. The van der Waals surface area contributed by atoms with Gasteiger partial charge in [-0.05, 0) is 6.07 Å². The zero-order chi connectivity index (χ0) is 18.7. The van der Waals surface area contributed by atoms with Gasteiger partial charge in [0.2, 0.25) is 0 Å². The Kier molecular flexibility index (Phi) is 5.12. The van der Waals surface area contributed by atoms with Crippen molar-refractivity contribution in [2.45, 2.75) is 12.7 Å². The van der Waals surface area contributed by atoms with Gasteiger partial charge >= 0.3 is 6.18 Å². The summed E-state index contributed by atoms with van der Waals surface area (Å²) < 4.78 is 45.3. The zero-order valence-corrected chi connectivity index (χ0v) is 14.1. The van der Waals surface area contributed by atoms with E-state index in [-0.39, 0.29) is 6.54 Å². The average Bonchev–Trinajstić information content (AvgIpc) is 3.03. The highest BCUT2D eigenvalue weighted by molar-refractivity contribution is 5.95. The summed E-state index contributed by atoms with van der Waals surface area (Å²) in [6, 6.07) is 3.50. The minimum atomic E-state index is -4.69. The first-order valence-electron chi connectivity index (χ1n) is 8.02. The molecular formula is C16H18F3N5O2. The number of carbonyl (C=O) groups excluding carboxylic acids is 1. The van der Waals surface area contributed by atoms with Crippen LogP contribution in [-0.4, -0.2) is 47.0 Å². The summed E-state index contributed by atoms with van der Waals surface area (Å²) in [4.78, 5) is 18.6. The molecule has 1 saturated heterocycles. The molecule has 140 valence electrons. The first kappa shape index (κ1) is 18.2.